The molecular weight excluding hydrogens is 262 g/mol. The van der Waals surface area contributed by atoms with Crippen LogP contribution in [0.25, 0.3) is 0 Å². The quantitative estimate of drug-likeness (QED) is 0.857. The van der Waals surface area contributed by atoms with E-state index >= 15 is 0 Å². The molecule has 2 N–H and O–H groups in total. The molecule has 0 aliphatic rings. The molecule has 1 unspecified atom stereocenters. The van der Waals surface area contributed by atoms with E-state index in [1.54, 1.807) is 7.11 Å². The Hall–Kier alpha value is -1.84. The second-order valence-electron chi connectivity index (χ2n) is 5.31. The fourth-order valence-electron chi connectivity index (χ4n) is 2.30. The second kappa shape index (κ2) is 7.25. The van der Waals surface area contributed by atoms with Gasteiger partial charge in [-0.15, -0.1) is 0 Å². The van der Waals surface area contributed by atoms with Gasteiger partial charge >= 0.3 is 0 Å². The standard InChI is InChI=1S/C18H23NO2/c1-13-7-8-15(9-14(13)2)11-19-18(12-20)16-5-4-6-17(10-16)21-3/h4-10,18-20H,11-12H2,1-3H3. The molecule has 2 aromatic carbocycles. The molecule has 0 bridgehead atoms. The average molecular weight is 285 g/mol. The topological polar surface area (TPSA) is 41.5 Å². The van der Waals surface area contributed by atoms with Crippen molar-refractivity contribution in [3.8, 4) is 5.75 Å². The molecule has 0 saturated heterocycles. The highest BCUT2D eigenvalue weighted by atomic mass is 16.5. The SMILES string of the molecule is COc1cccc(C(CO)NCc2ccc(C)c(C)c2)c1. The van der Waals surface area contributed by atoms with E-state index < -0.39 is 0 Å². The van der Waals surface area contributed by atoms with Gasteiger partial charge in [0.2, 0.25) is 0 Å². The molecule has 0 saturated carbocycles. The van der Waals surface area contributed by atoms with Crippen LogP contribution in [0.1, 0.15) is 28.3 Å². The van der Waals surface area contributed by atoms with Crippen LogP contribution in [0.5, 0.6) is 5.75 Å². The molecule has 0 aliphatic carbocycles. The predicted octanol–water partition coefficient (Wildman–Crippen LogP) is 3.14. The molecule has 21 heavy (non-hydrogen) atoms. The number of rotatable bonds is 6. The maximum Gasteiger partial charge on any atom is 0.119 e. The van der Waals surface area contributed by atoms with Gasteiger partial charge in [0.05, 0.1) is 19.8 Å². The lowest BCUT2D eigenvalue weighted by atomic mass is 10.0. The van der Waals surface area contributed by atoms with E-state index in [2.05, 4.69) is 37.4 Å². The molecule has 2 aromatic rings. The third-order valence-corrected chi connectivity index (χ3v) is 3.80. The molecule has 0 aromatic heterocycles. The van der Waals surface area contributed by atoms with Crippen LogP contribution in [0, 0.1) is 13.8 Å². The smallest absolute Gasteiger partial charge is 0.119 e. The largest absolute Gasteiger partial charge is 0.497 e. The summed E-state index contributed by atoms with van der Waals surface area (Å²) in [4.78, 5) is 0. The van der Waals surface area contributed by atoms with Gasteiger partial charge in [0.1, 0.15) is 5.75 Å². The minimum absolute atomic E-state index is 0.0536. The Balaban J connectivity index is 2.06. The van der Waals surface area contributed by atoms with Crippen LogP contribution in [0.2, 0.25) is 0 Å². The molecule has 0 amide bonds. The van der Waals surface area contributed by atoms with Gasteiger partial charge in [-0.25, -0.2) is 0 Å². The van der Waals surface area contributed by atoms with Crippen molar-refractivity contribution in [1.82, 2.24) is 5.32 Å². The van der Waals surface area contributed by atoms with Gasteiger partial charge in [-0.1, -0.05) is 30.3 Å². The third kappa shape index (κ3) is 4.06. The zero-order chi connectivity index (χ0) is 15.2. The van der Waals surface area contributed by atoms with Crippen molar-refractivity contribution in [1.29, 1.82) is 0 Å². The number of methoxy groups -OCH3 is 1. The van der Waals surface area contributed by atoms with Crippen LogP contribution in [0.15, 0.2) is 42.5 Å². The molecule has 112 valence electrons. The van der Waals surface area contributed by atoms with Crippen LogP contribution >= 0.6 is 0 Å². The number of ether oxygens (including phenoxy) is 1. The Bertz CT molecular complexity index is 596. The fraction of sp³-hybridized carbons (Fsp3) is 0.333. The number of aliphatic hydroxyl groups is 1. The average Bonchev–Trinajstić information content (AvgIpc) is 2.51. The highest BCUT2D eigenvalue weighted by molar-refractivity contribution is 5.32. The minimum Gasteiger partial charge on any atom is -0.497 e. The van der Waals surface area contributed by atoms with Crippen LogP contribution in [0.4, 0.5) is 0 Å². The first kappa shape index (κ1) is 15.5. The minimum atomic E-state index is -0.0956. The van der Waals surface area contributed by atoms with E-state index in [4.69, 9.17) is 4.74 Å². The van der Waals surface area contributed by atoms with Gasteiger partial charge in [0.25, 0.3) is 0 Å². The number of benzene rings is 2. The van der Waals surface area contributed by atoms with Gasteiger partial charge in [0.15, 0.2) is 0 Å². The molecule has 0 aliphatic heterocycles. The molecular formula is C18H23NO2. The lowest BCUT2D eigenvalue weighted by Gasteiger charge is -2.18. The van der Waals surface area contributed by atoms with E-state index in [0.717, 1.165) is 17.9 Å². The van der Waals surface area contributed by atoms with Gasteiger partial charge < -0.3 is 15.2 Å². The van der Waals surface area contributed by atoms with Gasteiger partial charge in [-0.05, 0) is 48.2 Å². The van der Waals surface area contributed by atoms with Crippen molar-refractivity contribution in [2.45, 2.75) is 26.4 Å². The molecule has 0 heterocycles. The number of aliphatic hydroxyl groups excluding tert-OH is 1. The van der Waals surface area contributed by atoms with Gasteiger partial charge in [0, 0.05) is 6.54 Å². The molecule has 2 rings (SSSR count). The maximum absolute atomic E-state index is 9.62. The van der Waals surface area contributed by atoms with E-state index in [1.165, 1.54) is 16.7 Å². The first-order valence-corrected chi connectivity index (χ1v) is 7.18. The summed E-state index contributed by atoms with van der Waals surface area (Å²) in [5.41, 5.74) is 4.83. The number of nitrogens with one attached hydrogen (secondary N) is 1. The maximum atomic E-state index is 9.62. The Morgan fingerprint density at radius 3 is 2.57 bits per heavy atom. The van der Waals surface area contributed by atoms with E-state index in [-0.39, 0.29) is 12.6 Å². The summed E-state index contributed by atoms with van der Waals surface area (Å²) in [6, 6.07) is 14.1. The number of aryl methyl sites for hydroxylation is 2. The summed E-state index contributed by atoms with van der Waals surface area (Å²) in [7, 11) is 1.65. The Labute approximate surface area is 126 Å². The molecule has 3 heteroatoms. The van der Waals surface area contributed by atoms with E-state index in [1.807, 2.05) is 24.3 Å². The molecule has 3 nitrogen and oxygen atoms in total. The fourth-order valence-corrected chi connectivity index (χ4v) is 2.30. The Morgan fingerprint density at radius 1 is 1.10 bits per heavy atom. The third-order valence-electron chi connectivity index (χ3n) is 3.80. The van der Waals surface area contributed by atoms with E-state index in [0.29, 0.717) is 0 Å². The van der Waals surface area contributed by atoms with Crippen LogP contribution in [0.3, 0.4) is 0 Å². The zero-order valence-corrected chi connectivity index (χ0v) is 12.9. The van der Waals surface area contributed by atoms with Crippen LogP contribution in [-0.4, -0.2) is 18.8 Å². The first-order chi connectivity index (χ1) is 10.1. The summed E-state index contributed by atoms with van der Waals surface area (Å²) in [5.74, 6) is 0.805. The monoisotopic (exact) mass is 285 g/mol. The second-order valence-corrected chi connectivity index (χ2v) is 5.31. The molecule has 1 atom stereocenters. The number of hydrogen-bond acceptors (Lipinski definition) is 3. The van der Waals surface area contributed by atoms with Crippen molar-refractivity contribution in [3.05, 3.63) is 64.7 Å². The van der Waals surface area contributed by atoms with E-state index in [9.17, 15) is 5.11 Å². The number of hydrogen-bond donors (Lipinski definition) is 2. The lowest BCUT2D eigenvalue weighted by Crippen LogP contribution is -2.24. The van der Waals surface area contributed by atoms with Crippen molar-refractivity contribution in [3.63, 3.8) is 0 Å². The summed E-state index contributed by atoms with van der Waals surface area (Å²) in [6.45, 7) is 5.01. The molecule has 0 fully saturated rings. The lowest BCUT2D eigenvalue weighted by molar-refractivity contribution is 0.243. The zero-order valence-electron chi connectivity index (χ0n) is 12.9. The Kier molecular flexibility index (Phi) is 5.37. The van der Waals surface area contributed by atoms with Gasteiger partial charge in [-0.2, -0.15) is 0 Å². The highest BCUT2D eigenvalue weighted by Crippen LogP contribution is 2.19. The van der Waals surface area contributed by atoms with Crippen molar-refractivity contribution in [2.24, 2.45) is 0 Å². The van der Waals surface area contributed by atoms with Crippen molar-refractivity contribution in [2.75, 3.05) is 13.7 Å². The molecule has 0 radical (unpaired) electrons. The highest BCUT2D eigenvalue weighted by Gasteiger charge is 2.10. The summed E-state index contributed by atoms with van der Waals surface area (Å²) < 4.78 is 5.23. The van der Waals surface area contributed by atoms with Crippen molar-refractivity contribution >= 4 is 0 Å². The first-order valence-electron chi connectivity index (χ1n) is 7.18. The normalized spacial score (nSPS) is 12.2. The van der Waals surface area contributed by atoms with Crippen molar-refractivity contribution < 1.29 is 9.84 Å². The van der Waals surface area contributed by atoms with Crippen LogP contribution < -0.4 is 10.1 Å². The summed E-state index contributed by atoms with van der Waals surface area (Å²) in [5, 5.41) is 13.0. The summed E-state index contributed by atoms with van der Waals surface area (Å²) in [6.07, 6.45) is 0. The Morgan fingerprint density at radius 2 is 1.90 bits per heavy atom. The predicted molar refractivity (Wildman–Crippen MR) is 85.6 cm³/mol. The molecule has 0 spiro atoms. The van der Waals surface area contributed by atoms with Crippen LogP contribution in [-0.2, 0) is 6.54 Å². The summed E-state index contributed by atoms with van der Waals surface area (Å²) >= 11 is 0. The van der Waals surface area contributed by atoms with Gasteiger partial charge in [-0.3, -0.25) is 0 Å².